The predicted molar refractivity (Wildman–Crippen MR) is 31.9 cm³/mol. The fourth-order valence-corrected chi connectivity index (χ4v) is 0.750. The third kappa shape index (κ3) is 4.58. The van der Waals surface area contributed by atoms with Crippen molar-refractivity contribution in [3.8, 4) is 0 Å². The van der Waals surface area contributed by atoms with E-state index in [4.69, 9.17) is 0 Å². The minimum atomic E-state index is 0.616. The molecule has 0 saturated heterocycles. The van der Waals surface area contributed by atoms with Crippen LogP contribution in [0.4, 0.5) is 0 Å². The Morgan fingerprint density at radius 2 is 2.60 bits per heavy atom. The van der Waals surface area contributed by atoms with E-state index < -0.39 is 0 Å². The van der Waals surface area contributed by atoms with E-state index in [0.717, 1.165) is 6.32 Å². The summed E-state index contributed by atoms with van der Waals surface area (Å²) in [7, 11) is 0. The quantitative estimate of drug-likeness (QED) is 0.355. The van der Waals surface area contributed by atoms with Gasteiger partial charge in [0.15, 0.2) is 0 Å². The van der Waals surface area contributed by atoms with Gasteiger partial charge < -0.3 is 0 Å². The van der Waals surface area contributed by atoms with Crippen molar-refractivity contribution in [3.63, 3.8) is 0 Å². The van der Waals surface area contributed by atoms with Crippen LogP contribution in [0.1, 0.15) is 6.92 Å². The summed E-state index contributed by atoms with van der Waals surface area (Å²) in [6, 6.07) is 0. The van der Waals surface area contributed by atoms with Gasteiger partial charge in [0.1, 0.15) is 0 Å². The number of hydrogen-bond donors (Lipinski definition) is 0. The average molecular weight is 104 g/mol. The van der Waals surface area contributed by atoms with E-state index >= 15 is 0 Å². The van der Waals surface area contributed by atoms with Gasteiger partial charge in [0.2, 0.25) is 0 Å². The van der Waals surface area contributed by atoms with E-state index in [1.807, 2.05) is 0 Å². The summed E-state index contributed by atoms with van der Waals surface area (Å²) in [6.45, 7) is 4.81. The van der Waals surface area contributed by atoms with Crippen LogP contribution in [-0.4, -0.2) is 6.62 Å². The summed E-state index contributed by atoms with van der Waals surface area (Å²) in [5.41, 5.74) is 0. The van der Waals surface area contributed by atoms with Crippen molar-refractivity contribution in [2.45, 2.75) is 13.2 Å². The molecular formula is C2H6BPS. The predicted octanol–water partition coefficient (Wildman–Crippen LogP) is 1.18. The summed E-state index contributed by atoms with van der Waals surface area (Å²) >= 11 is 4.62. The first-order valence-corrected chi connectivity index (χ1v) is 3.82. The maximum atomic E-state index is 4.62. The van der Waals surface area contributed by atoms with Gasteiger partial charge in [0.05, 0.1) is 0 Å². The molecule has 0 aromatic rings. The molecule has 0 nitrogen and oxygen atoms in total. The molecule has 0 amide bonds. The van der Waals surface area contributed by atoms with E-state index in [0.29, 0.717) is 6.85 Å². The van der Waals surface area contributed by atoms with Crippen LogP contribution in [0.15, 0.2) is 0 Å². The van der Waals surface area contributed by atoms with Crippen molar-refractivity contribution in [2.24, 2.45) is 0 Å². The van der Waals surface area contributed by atoms with Crippen LogP contribution in [-0.2, 0) is 11.8 Å². The normalized spacial score (nSPS) is 7.40. The average Bonchev–Trinajstić information content (AvgIpc) is 1.41. The molecule has 0 aliphatic rings. The fourth-order valence-electron chi connectivity index (χ4n) is 0.0833. The molecule has 0 fully saturated rings. The maximum absolute atomic E-state index is 4.62. The molecule has 0 rings (SSSR count). The topological polar surface area (TPSA) is 0 Å². The van der Waals surface area contributed by atoms with Crippen LogP contribution in [0.3, 0.4) is 0 Å². The first-order valence-electron chi connectivity index (χ1n) is 1.61. The first-order chi connectivity index (χ1) is 2.41. The molecule has 0 radical (unpaired) electrons. The molecule has 0 aliphatic carbocycles. The van der Waals surface area contributed by atoms with Crippen molar-refractivity contribution >= 4 is 25.3 Å². The summed E-state index contributed by atoms with van der Waals surface area (Å²) < 4.78 is 0. The molecule has 0 aromatic carbocycles. The van der Waals surface area contributed by atoms with Crippen molar-refractivity contribution in [1.29, 1.82) is 0 Å². The molecule has 0 spiro atoms. The van der Waals surface area contributed by atoms with Gasteiger partial charge in [-0.25, -0.2) is 0 Å². The van der Waals surface area contributed by atoms with E-state index in [1.165, 1.54) is 0 Å². The third-order valence-corrected chi connectivity index (χ3v) is 1.36. The number of rotatable bonds is 1. The Labute approximate surface area is 39.2 Å². The van der Waals surface area contributed by atoms with E-state index in [2.05, 4.69) is 25.3 Å². The van der Waals surface area contributed by atoms with Gasteiger partial charge in [0.25, 0.3) is 0 Å². The SMILES string of the molecule is CCB=[PH]=S. The minimum absolute atomic E-state index is 0.616. The van der Waals surface area contributed by atoms with Crippen LogP contribution in [0.2, 0.25) is 6.32 Å². The van der Waals surface area contributed by atoms with Gasteiger partial charge in [-0.05, 0) is 0 Å². The Bertz CT molecular complexity index is 56.7. The van der Waals surface area contributed by atoms with E-state index in [-0.39, 0.29) is 0 Å². The summed E-state index contributed by atoms with van der Waals surface area (Å²) in [5, 5.41) is 0. The fraction of sp³-hybridized carbons (Fsp3) is 1.00. The van der Waals surface area contributed by atoms with Gasteiger partial charge in [-0.15, -0.1) is 0 Å². The van der Waals surface area contributed by atoms with Crippen molar-refractivity contribution in [3.05, 3.63) is 0 Å². The Morgan fingerprint density at radius 1 is 2.00 bits per heavy atom. The van der Waals surface area contributed by atoms with Crippen LogP contribution in [0.25, 0.3) is 0 Å². The zero-order valence-electron chi connectivity index (χ0n) is 3.19. The van der Waals surface area contributed by atoms with Crippen LogP contribution in [0, 0.1) is 0 Å². The second kappa shape index (κ2) is 4.58. The monoisotopic (exact) mass is 104 g/mol. The Hall–Kier alpha value is 0.585. The van der Waals surface area contributed by atoms with Crippen LogP contribution < -0.4 is 0 Å². The molecule has 0 aromatic heterocycles. The second-order valence-corrected chi connectivity index (χ2v) is 2.08. The van der Waals surface area contributed by atoms with Gasteiger partial charge in [-0.1, -0.05) is 0 Å². The zero-order chi connectivity index (χ0) is 4.12. The molecule has 0 bridgehead atoms. The van der Waals surface area contributed by atoms with Crippen molar-refractivity contribution in [2.75, 3.05) is 0 Å². The molecule has 3 heteroatoms. The van der Waals surface area contributed by atoms with Gasteiger partial charge >= 0.3 is 38.5 Å². The Morgan fingerprint density at radius 3 is 2.60 bits per heavy atom. The van der Waals surface area contributed by atoms with Crippen LogP contribution >= 0.6 is 6.85 Å². The summed E-state index contributed by atoms with van der Waals surface area (Å²) in [6.07, 6.45) is 1.13. The molecule has 0 N–H and O–H groups in total. The van der Waals surface area contributed by atoms with Crippen molar-refractivity contribution in [1.82, 2.24) is 0 Å². The summed E-state index contributed by atoms with van der Waals surface area (Å²) in [4.78, 5) is 0. The molecule has 0 heterocycles. The molecular weight excluding hydrogens is 97.9 g/mol. The zero-order valence-corrected chi connectivity index (χ0v) is 5.01. The first kappa shape index (κ1) is 5.58. The standard InChI is InChI=1S/C2H6BPS/c1-2-3-4-5/h4H,2H2,1H3. The third-order valence-electron chi connectivity index (χ3n) is 0.287. The van der Waals surface area contributed by atoms with Gasteiger partial charge in [-0.3, -0.25) is 0 Å². The van der Waals surface area contributed by atoms with Crippen LogP contribution in [0.5, 0.6) is 0 Å². The van der Waals surface area contributed by atoms with E-state index in [9.17, 15) is 0 Å². The molecule has 1 atom stereocenters. The molecule has 1 unspecified atom stereocenters. The van der Waals surface area contributed by atoms with Gasteiger partial charge in [0, 0.05) is 0 Å². The molecule has 0 saturated carbocycles. The van der Waals surface area contributed by atoms with E-state index in [1.54, 1.807) is 0 Å². The Balaban J connectivity index is 2.93. The molecule has 5 heavy (non-hydrogen) atoms. The molecule has 28 valence electrons. The second-order valence-electron chi connectivity index (χ2n) is 0.730. The van der Waals surface area contributed by atoms with Gasteiger partial charge in [-0.2, -0.15) is 0 Å². The van der Waals surface area contributed by atoms with Crippen molar-refractivity contribution < 1.29 is 0 Å². The summed E-state index contributed by atoms with van der Waals surface area (Å²) in [5.74, 6) is 0. The molecule has 0 aliphatic heterocycles. The number of hydrogen-bond acceptors (Lipinski definition) is 1. The Kier molecular flexibility index (Phi) is 5.12.